The molecule has 210 valence electrons. The number of aryl methyl sites for hydroxylation is 1. The lowest BCUT2D eigenvalue weighted by Crippen LogP contribution is -2.40. The van der Waals surface area contributed by atoms with E-state index in [-0.39, 0.29) is 28.5 Å². The molecule has 0 aromatic heterocycles. The second-order valence-electron chi connectivity index (χ2n) is 8.91. The van der Waals surface area contributed by atoms with E-state index in [0.29, 0.717) is 16.8 Å². The topological polar surface area (TPSA) is 157 Å². The van der Waals surface area contributed by atoms with Crippen molar-refractivity contribution >= 4 is 41.1 Å². The quantitative estimate of drug-likeness (QED) is 0.0908. The third kappa shape index (κ3) is 7.73. The maximum atomic E-state index is 12.5. The van der Waals surface area contributed by atoms with Crippen LogP contribution in [-0.4, -0.2) is 28.6 Å². The molecule has 0 aliphatic rings. The molecule has 42 heavy (non-hydrogen) atoms. The summed E-state index contributed by atoms with van der Waals surface area (Å²) in [5.74, 6) is -2.09. The fourth-order valence-electron chi connectivity index (χ4n) is 3.68. The molecule has 0 atom stereocenters. The number of nitro groups is 1. The first-order valence-electron chi connectivity index (χ1n) is 12.5. The summed E-state index contributed by atoms with van der Waals surface area (Å²) in [4.78, 5) is 59.9. The maximum Gasteiger partial charge on any atom is 0.343 e. The molecule has 4 rings (SSSR count). The normalized spacial score (nSPS) is 10.5. The number of nitrogens with one attached hydrogen (secondary N) is 3. The van der Waals surface area contributed by atoms with Crippen LogP contribution < -0.4 is 20.9 Å². The van der Waals surface area contributed by atoms with Gasteiger partial charge in [-0.2, -0.15) is 0 Å². The average molecular weight is 565 g/mol. The van der Waals surface area contributed by atoms with E-state index in [4.69, 9.17) is 4.74 Å². The molecular weight excluding hydrogens is 540 g/mol. The van der Waals surface area contributed by atoms with E-state index in [1.807, 2.05) is 13.0 Å². The first-order valence-corrected chi connectivity index (χ1v) is 12.5. The number of rotatable bonds is 8. The Hall–Kier alpha value is -6.10. The second kappa shape index (κ2) is 13.3. The summed E-state index contributed by atoms with van der Waals surface area (Å²) in [5, 5.41) is 13.6. The lowest BCUT2D eigenvalue weighted by atomic mass is 10.1. The van der Waals surface area contributed by atoms with Crippen LogP contribution in [0.4, 0.5) is 11.4 Å². The van der Waals surface area contributed by atoms with Crippen molar-refractivity contribution in [3.05, 3.63) is 141 Å². The first kappa shape index (κ1) is 28.9. The number of carbonyl (C=O) groups is 4. The second-order valence-corrected chi connectivity index (χ2v) is 8.91. The van der Waals surface area contributed by atoms with Crippen LogP contribution in [0.1, 0.15) is 42.2 Å². The zero-order chi connectivity index (χ0) is 30.1. The molecule has 0 bridgehead atoms. The number of para-hydroxylation sites is 1. The van der Waals surface area contributed by atoms with Crippen LogP contribution in [0.5, 0.6) is 5.75 Å². The number of hydrogen-bond donors (Lipinski definition) is 3. The highest BCUT2D eigenvalue weighted by atomic mass is 16.6. The smallest absolute Gasteiger partial charge is 0.343 e. The number of carbonyl (C=O) groups excluding carboxylic acids is 4. The maximum absolute atomic E-state index is 12.5. The van der Waals surface area contributed by atoms with E-state index >= 15 is 0 Å². The third-order valence-corrected chi connectivity index (χ3v) is 5.83. The number of hydrazine groups is 1. The van der Waals surface area contributed by atoms with E-state index in [9.17, 15) is 29.3 Å². The monoisotopic (exact) mass is 564 g/mol. The fourth-order valence-corrected chi connectivity index (χ4v) is 3.68. The molecule has 0 fully saturated rings. The lowest BCUT2D eigenvalue weighted by Gasteiger charge is -2.09. The number of hydrogen-bond acceptors (Lipinski definition) is 7. The van der Waals surface area contributed by atoms with Gasteiger partial charge in [0.1, 0.15) is 5.75 Å². The lowest BCUT2D eigenvalue weighted by molar-refractivity contribution is -0.384. The van der Waals surface area contributed by atoms with Gasteiger partial charge in [0.05, 0.1) is 10.5 Å². The molecule has 0 radical (unpaired) electrons. The molecule has 4 aromatic carbocycles. The highest BCUT2D eigenvalue weighted by Crippen LogP contribution is 2.22. The van der Waals surface area contributed by atoms with Gasteiger partial charge in [-0.1, -0.05) is 35.9 Å². The van der Waals surface area contributed by atoms with Crippen LogP contribution >= 0.6 is 0 Å². The van der Waals surface area contributed by atoms with Crippen LogP contribution in [-0.2, 0) is 4.79 Å². The van der Waals surface area contributed by atoms with Crippen LogP contribution in [0.15, 0.2) is 103 Å². The number of anilines is 1. The highest BCUT2D eigenvalue weighted by molar-refractivity contribution is 6.05. The summed E-state index contributed by atoms with van der Waals surface area (Å²) in [6.07, 6.45) is 2.54. The summed E-state index contributed by atoms with van der Waals surface area (Å²) in [7, 11) is 0. The van der Waals surface area contributed by atoms with Crippen molar-refractivity contribution in [3.8, 4) is 5.75 Å². The Morgan fingerprint density at radius 1 is 0.762 bits per heavy atom. The predicted molar refractivity (Wildman–Crippen MR) is 155 cm³/mol. The Morgan fingerprint density at radius 2 is 1.45 bits per heavy atom. The number of non-ortho nitro benzene ring substituents is 1. The first-order chi connectivity index (χ1) is 20.2. The van der Waals surface area contributed by atoms with Crippen molar-refractivity contribution in [1.29, 1.82) is 0 Å². The number of ether oxygens (including phenoxy) is 1. The van der Waals surface area contributed by atoms with Crippen molar-refractivity contribution in [1.82, 2.24) is 10.9 Å². The van der Waals surface area contributed by atoms with Crippen molar-refractivity contribution in [2.45, 2.75) is 6.92 Å². The van der Waals surface area contributed by atoms with Gasteiger partial charge in [-0.15, -0.1) is 0 Å². The van der Waals surface area contributed by atoms with Crippen molar-refractivity contribution in [2.75, 3.05) is 5.32 Å². The molecule has 0 aliphatic heterocycles. The Labute approximate surface area is 240 Å². The third-order valence-electron chi connectivity index (χ3n) is 5.83. The van der Waals surface area contributed by atoms with Gasteiger partial charge in [0, 0.05) is 40.6 Å². The average Bonchev–Trinajstić information content (AvgIpc) is 2.99. The van der Waals surface area contributed by atoms with Gasteiger partial charge in [0.15, 0.2) is 0 Å². The molecule has 0 saturated carbocycles. The zero-order valence-corrected chi connectivity index (χ0v) is 22.2. The van der Waals surface area contributed by atoms with Gasteiger partial charge in [-0.05, 0) is 67.6 Å². The number of benzene rings is 4. The SMILES string of the molecule is Cc1cccc(C(=O)Nc2ccc(C(=O)NNC(=O)/C=C/c3ccccc3OC(=O)c3ccc([N+](=O)[O-])cc3)cc2)c1. The number of amides is 3. The minimum Gasteiger partial charge on any atom is -0.422 e. The molecule has 0 heterocycles. The molecule has 11 heteroatoms. The summed E-state index contributed by atoms with van der Waals surface area (Å²) in [6, 6.07) is 24.7. The van der Waals surface area contributed by atoms with E-state index in [1.165, 1.54) is 48.5 Å². The van der Waals surface area contributed by atoms with Crippen molar-refractivity contribution in [2.24, 2.45) is 0 Å². The van der Waals surface area contributed by atoms with Gasteiger partial charge < -0.3 is 10.1 Å². The molecule has 3 N–H and O–H groups in total. The Balaban J connectivity index is 1.30. The Bertz CT molecular complexity index is 1680. The van der Waals surface area contributed by atoms with E-state index in [1.54, 1.807) is 48.5 Å². The van der Waals surface area contributed by atoms with Crippen LogP contribution in [0, 0.1) is 17.0 Å². The Morgan fingerprint density at radius 3 is 2.14 bits per heavy atom. The fraction of sp³-hybridized carbons (Fsp3) is 0.0323. The molecule has 11 nitrogen and oxygen atoms in total. The summed E-state index contributed by atoms with van der Waals surface area (Å²) in [5.41, 5.74) is 7.13. The van der Waals surface area contributed by atoms with E-state index in [2.05, 4.69) is 16.2 Å². The van der Waals surface area contributed by atoms with Gasteiger partial charge in [-0.25, -0.2) is 4.79 Å². The standard InChI is InChI=1S/C31H24N4O7/c1-20-5-4-7-24(19-20)29(37)32-25-14-9-22(10-15-25)30(38)34-33-28(36)18-13-21-6-2-3-8-27(21)42-31(39)23-11-16-26(17-12-23)35(40)41/h2-19H,1H3,(H,32,37)(H,33,36)(H,34,38)/b18-13+. The molecule has 0 saturated heterocycles. The number of nitrogens with zero attached hydrogens (tertiary/aromatic N) is 1. The van der Waals surface area contributed by atoms with Gasteiger partial charge >= 0.3 is 5.97 Å². The summed E-state index contributed by atoms with van der Waals surface area (Å²) in [6.45, 7) is 1.89. The Kier molecular flexibility index (Phi) is 9.16. The minimum absolute atomic E-state index is 0.113. The summed E-state index contributed by atoms with van der Waals surface area (Å²) < 4.78 is 5.40. The zero-order valence-electron chi connectivity index (χ0n) is 22.2. The van der Waals surface area contributed by atoms with Crippen molar-refractivity contribution < 1.29 is 28.8 Å². The molecule has 3 amide bonds. The molecule has 0 unspecified atom stereocenters. The van der Waals surface area contributed by atoms with Gasteiger partial charge in [-0.3, -0.25) is 35.3 Å². The molecule has 4 aromatic rings. The van der Waals surface area contributed by atoms with E-state index in [0.717, 1.165) is 11.6 Å². The van der Waals surface area contributed by atoms with Crippen LogP contribution in [0.3, 0.4) is 0 Å². The number of nitro benzene ring substituents is 1. The van der Waals surface area contributed by atoms with E-state index < -0.39 is 22.7 Å². The van der Waals surface area contributed by atoms with Crippen LogP contribution in [0.2, 0.25) is 0 Å². The minimum atomic E-state index is -0.733. The van der Waals surface area contributed by atoms with Gasteiger partial charge in [0.25, 0.3) is 23.4 Å². The predicted octanol–water partition coefficient (Wildman–Crippen LogP) is 4.85. The molecule has 0 spiro atoms. The van der Waals surface area contributed by atoms with Crippen molar-refractivity contribution in [3.63, 3.8) is 0 Å². The largest absolute Gasteiger partial charge is 0.422 e. The number of esters is 1. The molecule has 0 aliphatic carbocycles. The van der Waals surface area contributed by atoms with Crippen LogP contribution in [0.25, 0.3) is 6.08 Å². The van der Waals surface area contributed by atoms with Gasteiger partial charge in [0.2, 0.25) is 0 Å². The molecular formula is C31H24N4O7. The summed E-state index contributed by atoms with van der Waals surface area (Å²) >= 11 is 0. The highest BCUT2D eigenvalue weighted by Gasteiger charge is 2.13.